The lowest BCUT2D eigenvalue weighted by Gasteiger charge is -2.12. The molecule has 0 atom stereocenters. The number of fused-ring (bicyclic) bond motifs is 1. The highest BCUT2D eigenvalue weighted by Crippen LogP contribution is 2.33. The first-order chi connectivity index (χ1) is 13.4. The predicted molar refractivity (Wildman–Crippen MR) is 109 cm³/mol. The van der Waals surface area contributed by atoms with Crippen LogP contribution in [0.25, 0.3) is 22.1 Å². The van der Waals surface area contributed by atoms with Gasteiger partial charge in [0.1, 0.15) is 11.3 Å². The minimum atomic E-state index is -0.476. The topological polar surface area (TPSA) is 80.9 Å². The molecule has 148 valence electrons. The first-order valence-electron chi connectivity index (χ1n) is 9.16. The summed E-state index contributed by atoms with van der Waals surface area (Å²) in [5.74, 6) is 1.69. The quantitative estimate of drug-likeness (QED) is 0.602. The first-order valence-corrected chi connectivity index (χ1v) is 9.16. The Morgan fingerprint density at radius 2 is 1.82 bits per heavy atom. The number of methoxy groups -OCH3 is 2. The molecule has 6 heteroatoms. The summed E-state index contributed by atoms with van der Waals surface area (Å²) in [5.41, 5.74) is 1.58. The third kappa shape index (κ3) is 3.97. The molecule has 0 saturated carbocycles. The Morgan fingerprint density at radius 1 is 1.07 bits per heavy atom. The van der Waals surface area contributed by atoms with Gasteiger partial charge in [0, 0.05) is 11.9 Å². The molecule has 0 saturated heterocycles. The molecule has 0 amide bonds. The predicted octanol–water partition coefficient (Wildman–Crippen LogP) is 3.93. The molecule has 2 aromatic carbocycles. The van der Waals surface area contributed by atoms with Crippen molar-refractivity contribution in [1.82, 2.24) is 5.32 Å². The van der Waals surface area contributed by atoms with Crippen LogP contribution in [0, 0.1) is 5.92 Å². The van der Waals surface area contributed by atoms with Gasteiger partial charge < -0.3 is 24.3 Å². The molecule has 0 unspecified atom stereocenters. The summed E-state index contributed by atoms with van der Waals surface area (Å²) in [6.07, 6.45) is 0. The van der Waals surface area contributed by atoms with Gasteiger partial charge in [-0.15, -0.1) is 0 Å². The fourth-order valence-electron chi connectivity index (χ4n) is 3.09. The average molecular weight is 383 g/mol. The van der Waals surface area contributed by atoms with Crippen molar-refractivity contribution in [2.24, 2.45) is 5.92 Å². The Bertz CT molecular complexity index is 1040. The monoisotopic (exact) mass is 383 g/mol. The minimum Gasteiger partial charge on any atom is -0.507 e. The normalized spacial score (nSPS) is 11.2. The van der Waals surface area contributed by atoms with Crippen LogP contribution >= 0.6 is 0 Å². The van der Waals surface area contributed by atoms with Gasteiger partial charge in [0.25, 0.3) is 0 Å². The second-order valence-corrected chi connectivity index (χ2v) is 7.02. The Hall–Kier alpha value is -2.99. The molecule has 0 bridgehead atoms. The standard InChI is InChI=1S/C22H25NO5/c1-13(2)11-23-12-17-18(24)7-5-15-9-16(22(25)28-21(15)17)14-6-8-19(26-3)20(10-14)27-4/h5-10,13,23-24H,11-12H2,1-4H3. The molecule has 0 spiro atoms. The van der Waals surface area contributed by atoms with Crippen molar-refractivity contribution < 1.29 is 19.0 Å². The van der Waals surface area contributed by atoms with E-state index in [0.717, 1.165) is 11.9 Å². The highest BCUT2D eigenvalue weighted by atomic mass is 16.5. The Balaban J connectivity index is 2.07. The SMILES string of the molecule is COc1ccc(-c2cc3ccc(O)c(CNCC(C)C)c3oc2=O)cc1OC. The van der Waals surface area contributed by atoms with E-state index in [2.05, 4.69) is 19.2 Å². The molecule has 0 aliphatic heterocycles. The number of phenols is 1. The van der Waals surface area contributed by atoms with E-state index in [4.69, 9.17) is 13.9 Å². The molecule has 3 rings (SSSR count). The molecule has 0 aliphatic rings. The Morgan fingerprint density at radius 3 is 2.50 bits per heavy atom. The van der Waals surface area contributed by atoms with Gasteiger partial charge in [0.15, 0.2) is 11.5 Å². The number of ether oxygens (including phenoxy) is 2. The highest BCUT2D eigenvalue weighted by molar-refractivity contribution is 5.86. The van der Waals surface area contributed by atoms with Crippen LogP contribution in [0.15, 0.2) is 45.6 Å². The molecule has 3 aromatic rings. The summed E-state index contributed by atoms with van der Waals surface area (Å²) in [5, 5.41) is 14.3. The maximum atomic E-state index is 12.7. The molecule has 0 fully saturated rings. The Labute approximate surface area is 163 Å². The van der Waals surface area contributed by atoms with Gasteiger partial charge in [-0.1, -0.05) is 19.9 Å². The zero-order valence-corrected chi connectivity index (χ0v) is 16.5. The molecule has 0 aliphatic carbocycles. The number of hydrogen-bond acceptors (Lipinski definition) is 6. The van der Waals surface area contributed by atoms with Gasteiger partial charge >= 0.3 is 5.63 Å². The van der Waals surface area contributed by atoms with Gasteiger partial charge in [0.05, 0.1) is 25.3 Å². The van der Waals surface area contributed by atoms with Crippen LogP contribution in [0.5, 0.6) is 17.2 Å². The van der Waals surface area contributed by atoms with Crippen LogP contribution in [-0.4, -0.2) is 25.9 Å². The van der Waals surface area contributed by atoms with Crippen LogP contribution in [0.1, 0.15) is 19.4 Å². The van der Waals surface area contributed by atoms with Crippen LogP contribution in [-0.2, 0) is 6.54 Å². The van der Waals surface area contributed by atoms with E-state index in [1.165, 1.54) is 0 Å². The number of nitrogens with one attached hydrogen (secondary N) is 1. The van der Waals surface area contributed by atoms with E-state index < -0.39 is 5.63 Å². The summed E-state index contributed by atoms with van der Waals surface area (Å²) in [6, 6.07) is 10.4. The summed E-state index contributed by atoms with van der Waals surface area (Å²) in [6.45, 7) is 5.42. The minimum absolute atomic E-state index is 0.103. The van der Waals surface area contributed by atoms with Crippen molar-refractivity contribution in [3.8, 4) is 28.4 Å². The average Bonchev–Trinajstić information content (AvgIpc) is 2.68. The van der Waals surface area contributed by atoms with Crippen LogP contribution in [0.2, 0.25) is 0 Å². The third-order valence-corrected chi connectivity index (χ3v) is 4.53. The second kappa shape index (κ2) is 8.35. The van der Waals surface area contributed by atoms with E-state index in [0.29, 0.717) is 46.2 Å². The number of hydrogen-bond donors (Lipinski definition) is 2. The van der Waals surface area contributed by atoms with Gasteiger partial charge in [-0.3, -0.25) is 0 Å². The smallest absolute Gasteiger partial charge is 0.344 e. The van der Waals surface area contributed by atoms with E-state index >= 15 is 0 Å². The van der Waals surface area contributed by atoms with Crippen LogP contribution in [0.3, 0.4) is 0 Å². The second-order valence-electron chi connectivity index (χ2n) is 7.02. The lowest BCUT2D eigenvalue weighted by Crippen LogP contribution is -2.19. The number of aromatic hydroxyl groups is 1. The van der Waals surface area contributed by atoms with Crippen LogP contribution in [0.4, 0.5) is 0 Å². The van der Waals surface area contributed by atoms with Gasteiger partial charge in [-0.05, 0) is 48.4 Å². The van der Waals surface area contributed by atoms with Crippen molar-refractivity contribution in [3.05, 3.63) is 52.4 Å². The molecular weight excluding hydrogens is 358 g/mol. The first kappa shape index (κ1) is 19.8. The van der Waals surface area contributed by atoms with Gasteiger partial charge in [-0.2, -0.15) is 0 Å². The molecule has 0 radical (unpaired) electrons. The number of rotatable bonds is 7. The summed E-state index contributed by atoms with van der Waals surface area (Å²) in [4.78, 5) is 12.7. The van der Waals surface area contributed by atoms with E-state index in [-0.39, 0.29) is 5.75 Å². The Kier molecular flexibility index (Phi) is 5.90. The largest absolute Gasteiger partial charge is 0.507 e. The fraction of sp³-hybridized carbons (Fsp3) is 0.318. The van der Waals surface area contributed by atoms with Crippen molar-refractivity contribution in [2.75, 3.05) is 20.8 Å². The molecule has 6 nitrogen and oxygen atoms in total. The van der Waals surface area contributed by atoms with Gasteiger partial charge in [-0.25, -0.2) is 4.79 Å². The molecule has 1 heterocycles. The maximum Gasteiger partial charge on any atom is 0.344 e. The van der Waals surface area contributed by atoms with Crippen molar-refractivity contribution >= 4 is 11.0 Å². The lowest BCUT2D eigenvalue weighted by molar-refractivity contribution is 0.355. The summed E-state index contributed by atoms with van der Waals surface area (Å²) >= 11 is 0. The van der Waals surface area contributed by atoms with Crippen molar-refractivity contribution in [3.63, 3.8) is 0 Å². The third-order valence-electron chi connectivity index (χ3n) is 4.53. The highest BCUT2D eigenvalue weighted by Gasteiger charge is 2.15. The molecular formula is C22H25NO5. The number of phenolic OH excluding ortho intramolecular Hbond substituents is 1. The fourth-order valence-corrected chi connectivity index (χ4v) is 3.09. The number of benzene rings is 2. The maximum absolute atomic E-state index is 12.7. The summed E-state index contributed by atoms with van der Waals surface area (Å²) in [7, 11) is 3.10. The van der Waals surface area contributed by atoms with Crippen molar-refractivity contribution in [1.29, 1.82) is 0 Å². The lowest BCUT2D eigenvalue weighted by atomic mass is 10.0. The molecule has 1 aromatic heterocycles. The molecule has 28 heavy (non-hydrogen) atoms. The van der Waals surface area contributed by atoms with E-state index in [1.54, 1.807) is 50.6 Å². The van der Waals surface area contributed by atoms with Crippen LogP contribution < -0.4 is 20.4 Å². The van der Waals surface area contributed by atoms with Gasteiger partial charge in [0.2, 0.25) is 0 Å². The zero-order valence-electron chi connectivity index (χ0n) is 16.5. The zero-order chi connectivity index (χ0) is 20.3. The summed E-state index contributed by atoms with van der Waals surface area (Å²) < 4.78 is 16.2. The van der Waals surface area contributed by atoms with Crippen molar-refractivity contribution in [2.45, 2.75) is 20.4 Å². The molecule has 2 N–H and O–H groups in total. The van der Waals surface area contributed by atoms with E-state index in [9.17, 15) is 9.90 Å². The van der Waals surface area contributed by atoms with E-state index in [1.807, 2.05) is 0 Å².